The molecule has 0 atom stereocenters. The number of hydrogen-bond donors (Lipinski definition) is 1. The molecule has 0 bridgehead atoms. The molecule has 0 fully saturated rings. The van der Waals surface area contributed by atoms with Gasteiger partial charge in [-0.05, 0) is 51.9 Å². The highest BCUT2D eigenvalue weighted by Crippen LogP contribution is 2.26. The molecule has 1 aromatic heterocycles. The van der Waals surface area contributed by atoms with E-state index < -0.39 is 6.17 Å². The van der Waals surface area contributed by atoms with Crippen molar-refractivity contribution in [2.75, 3.05) is 6.61 Å². The lowest BCUT2D eigenvalue weighted by atomic mass is 9.98. The van der Waals surface area contributed by atoms with E-state index in [4.69, 9.17) is 4.74 Å². The van der Waals surface area contributed by atoms with E-state index in [9.17, 15) is 4.79 Å². The van der Waals surface area contributed by atoms with Crippen molar-refractivity contribution < 1.29 is 9.53 Å². The van der Waals surface area contributed by atoms with Crippen LogP contribution in [0, 0.1) is 0 Å². The Labute approximate surface area is 210 Å². The van der Waals surface area contributed by atoms with Crippen LogP contribution in [0.2, 0.25) is 0 Å². The Morgan fingerprint density at radius 1 is 0.917 bits per heavy atom. The Hall–Kier alpha value is -3.82. The van der Waals surface area contributed by atoms with Gasteiger partial charge in [0.2, 0.25) is 5.82 Å². The van der Waals surface area contributed by atoms with Crippen LogP contribution in [0.25, 0.3) is 11.4 Å². The second kappa shape index (κ2) is 13.3. The average Bonchev–Trinajstić information content (AvgIpc) is 3.63. The number of unbranched alkanes of at least 4 members (excludes halogenated alkanes) is 7. The summed E-state index contributed by atoms with van der Waals surface area (Å²) in [7, 11) is 0. The third kappa shape index (κ3) is 7.10. The van der Waals surface area contributed by atoms with Gasteiger partial charge in [0.15, 0.2) is 11.9 Å². The first-order valence-corrected chi connectivity index (χ1v) is 12.7. The number of benzene rings is 2. The number of rotatable bonds is 15. The van der Waals surface area contributed by atoms with E-state index >= 15 is 0 Å². The summed E-state index contributed by atoms with van der Waals surface area (Å²) in [5.41, 5.74) is 2.67. The van der Waals surface area contributed by atoms with Crippen molar-refractivity contribution in [2.24, 2.45) is 20.7 Å². The van der Waals surface area contributed by atoms with Crippen LogP contribution in [0.5, 0.6) is 5.75 Å². The quantitative estimate of drug-likeness (QED) is 0.198. The van der Waals surface area contributed by atoms with E-state index in [1.54, 1.807) is 24.3 Å². The highest BCUT2D eigenvalue weighted by Gasteiger charge is 2.18. The maximum Gasteiger partial charge on any atom is 0.204 e. The average molecular weight is 489 g/mol. The number of aromatic amines is 1. The molecule has 2 heterocycles. The molecule has 0 saturated heterocycles. The molecule has 2 aromatic carbocycles. The summed E-state index contributed by atoms with van der Waals surface area (Å²) in [4.78, 5) is 13.3. The Balaban J connectivity index is 1.41. The molecular formula is C26H32N8O2. The Kier molecular flexibility index (Phi) is 9.35. The van der Waals surface area contributed by atoms with E-state index in [1.807, 2.05) is 18.2 Å². The van der Waals surface area contributed by atoms with Crippen molar-refractivity contribution in [3.8, 4) is 17.1 Å². The monoisotopic (exact) mass is 488 g/mol. The minimum atomic E-state index is -0.401. The second-order valence-electron chi connectivity index (χ2n) is 8.89. The zero-order valence-electron chi connectivity index (χ0n) is 20.6. The number of H-pyrrole nitrogens is 1. The van der Waals surface area contributed by atoms with Crippen molar-refractivity contribution in [3.63, 3.8) is 0 Å². The van der Waals surface area contributed by atoms with Gasteiger partial charge in [0.05, 0.1) is 6.61 Å². The summed E-state index contributed by atoms with van der Waals surface area (Å²) in [5, 5.41) is 29.3. The lowest BCUT2D eigenvalue weighted by Crippen LogP contribution is -2.09. The van der Waals surface area contributed by atoms with Gasteiger partial charge >= 0.3 is 0 Å². The van der Waals surface area contributed by atoms with Crippen LogP contribution >= 0.6 is 0 Å². The smallest absolute Gasteiger partial charge is 0.204 e. The molecule has 0 unspecified atom stereocenters. The summed E-state index contributed by atoms with van der Waals surface area (Å²) in [6.07, 6.45) is 9.99. The number of carbonyl (C=O) groups excluding carboxylic acids is 1. The van der Waals surface area contributed by atoms with Gasteiger partial charge in [-0.1, -0.05) is 70.1 Å². The minimum absolute atomic E-state index is 0.106. The Morgan fingerprint density at radius 2 is 1.67 bits per heavy atom. The van der Waals surface area contributed by atoms with Gasteiger partial charge in [-0.15, -0.1) is 20.4 Å². The van der Waals surface area contributed by atoms with Gasteiger partial charge in [0.25, 0.3) is 0 Å². The van der Waals surface area contributed by atoms with Crippen LogP contribution in [-0.4, -0.2) is 39.2 Å². The van der Waals surface area contributed by atoms with Gasteiger partial charge in [0, 0.05) is 23.1 Å². The van der Waals surface area contributed by atoms with E-state index in [2.05, 4.69) is 48.2 Å². The molecule has 0 spiro atoms. The molecule has 1 aliphatic rings. The van der Waals surface area contributed by atoms with E-state index in [0.717, 1.165) is 24.2 Å². The van der Waals surface area contributed by atoms with Gasteiger partial charge in [-0.3, -0.25) is 4.79 Å². The van der Waals surface area contributed by atoms with Crippen molar-refractivity contribution in [1.29, 1.82) is 0 Å². The first kappa shape index (κ1) is 25.3. The largest absolute Gasteiger partial charge is 0.493 e. The van der Waals surface area contributed by atoms with E-state index in [-0.39, 0.29) is 5.78 Å². The topological polar surface area (TPSA) is 130 Å². The van der Waals surface area contributed by atoms with Crippen molar-refractivity contribution in [2.45, 2.75) is 70.9 Å². The fourth-order valence-electron chi connectivity index (χ4n) is 4.16. The van der Waals surface area contributed by atoms with Gasteiger partial charge in [-0.2, -0.15) is 5.21 Å². The summed E-state index contributed by atoms with van der Waals surface area (Å²) in [5.74, 6) is 1.07. The molecule has 10 nitrogen and oxygen atoms in total. The molecule has 188 valence electrons. The van der Waals surface area contributed by atoms with Crippen molar-refractivity contribution in [1.82, 2.24) is 20.6 Å². The standard InChI is InChI=1S/C26H32N8O2/c1-2-3-4-5-6-7-8-9-15-36-23-14-13-20(17-22(23)18-24-27-31-32-28-24)25(35)19-11-10-12-21(16-19)26-29-33-34-30-26/h10-14,16-17,24H,2-9,15,18H2,1H3,(H,29,30,33,34). The zero-order chi connectivity index (χ0) is 25.0. The predicted octanol–water partition coefficient (Wildman–Crippen LogP) is 6.32. The number of hydrogen-bond acceptors (Lipinski definition) is 9. The maximum atomic E-state index is 13.3. The normalized spacial score (nSPS) is 12.9. The van der Waals surface area contributed by atoms with Crippen LogP contribution in [0.1, 0.15) is 79.8 Å². The number of tetrazole rings is 1. The lowest BCUT2D eigenvalue weighted by Gasteiger charge is -2.14. The fourth-order valence-corrected chi connectivity index (χ4v) is 4.16. The molecule has 0 saturated carbocycles. The van der Waals surface area contributed by atoms with Crippen LogP contribution in [-0.2, 0) is 6.42 Å². The molecule has 1 aliphatic heterocycles. The van der Waals surface area contributed by atoms with Crippen LogP contribution < -0.4 is 4.74 Å². The Morgan fingerprint density at radius 3 is 2.42 bits per heavy atom. The van der Waals surface area contributed by atoms with E-state index in [1.165, 1.54) is 38.5 Å². The molecule has 3 aromatic rings. The third-order valence-corrected chi connectivity index (χ3v) is 6.12. The van der Waals surface area contributed by atoms with Gasteiger partial charge in [0.1, 0.15) is 5.75 Å². The summed E-state index contributed by atoms with van der Waals surface area (Å²) in [6.45, 7) is 2.87. The maximum absolute atomic E-state index is 13.3. The molecule has 0 aliphatic carbocycles. The Bertz CT molecular complexity index is 1160. The second-order valence-corrected chi connectivity index (χ2v) is 8.89. The van der Waals surface area contributed by atoms with Crippen molar-refractivity contribution in [3.05, 3.63) is 59.2 Å². The lowest BCUT2D eigenvalue weighted by molar-refractivity contribution is 0.103. The number of ketones is 1. The summed E-state index contributed by atoms with van der Waals surface area (Å²) < 4.78 is 6.12. The molecule has 0 amide bonds. The highest BCUT2D eigenvalue weighted by molar-refractivity contribution is 6.09. The van der Waals surface area contributed by atoms with Crippen LogP contribution in [0.3, 0.4) is 0 Å². The molecular weight excluding hydrogens is 456 g/mol. The minimum Gasteiger partial charge on any atom is -0.493 e. The predicted molar refractivity (Wildman–Crippen MR) is 135 cm³/mol. The van der Waals surface area contributed by atoms with E-state index in [0.29, 0.717) is 35.5 Å². The molecule has 36 heavy (non-hydrogen) atoms. The number of nitrogens with one attached hydrogen (secondary N) is 1. The first-order valence-electron chi connectivity index (χ1n) is 12.7. The first-order chi connectivity index (χ1) is 17.7. The molecule has 1 N–H and O–H groups in total. The van der Waals surface area contributed by atoms with Crippen LogP contribution in [0.15, 0.2) is 63.1 Å². The number of carbonyl (C=O) groups is 1. The number of aromatic nitrogens is 4. The third-order valence-electron chi connectivity index (χ3n) is 6.12. The molecule has 0 radical (unpaired) electrons. The summed E-state index contributed by atoms with van der Waals surface area (Å²) >= 11 is 0. The zero-order valence-corrected chi connectivity index (χ0v) is 20.6. The highest BCUT2D eigenvalue weighted by atomic mass is 16.5. The van der Waals surface area contributed by atoms with Gasteiger partial charge in [-0.25, -0.2) is 0 Å². The molecule has 10 heteroatoms. The van der Waals surface area contributed by atoms with Crippen LogP contribution in [0.4, 0.5) is 0 Å². The fraction of sp³-hybridized carbons (Fsp3) is 0.462. The number of nitrogens with zero attached hydrogens (tertiary/aromatic N) is 7. The number of ether oxygens (including phenoxy) is 1. The summed E-state index contributed by atoms with van der Waals surface area (Å²) in [6, 6.07) is 12.7. The van der Waals surface area contributed by atoms with Gasteiger partial charge < -0.3 is 4.74 Å². The SMILES string of the molecule is CCCCCCCCCCOc1ccc(C(=O)c2cccc(-c3nn[nH]n3)c2)cc1CC1N=NN=N1. The van der Waals surface area contributed by atoms with Crippen molar-refractivity contribution >= 4 is 5.78 Å². The molecule has 4 rings (SSSR count).